The highest BCUT2D eigenvalue weighted by atomic mass is 79.9. The van der Waals surface area contributed by atoms with Crippen molar-refractivity contribution in [2.45, 2.75) is 18.5 Å². The van der Waals surface area contributed by atoms with Crippen molar-refractivity contribution in [2.24, 2.45) is 7.05 Å². The Labute approximate surface area is 124 Å². The third kappa shape index (κ3) is 2.73. The molecule has 2 rings (SSSR count). The van der Waals surface area contributed by atoms with Crippen molar-refractivity contribution < 1.29 is 8.42 Å². The van der Waals surface area contributed by atoms with Gasteiger partial charge in [-0.15, -0.1) is 16.4 Å². The van der Waals surface area contributed by atoms with E-state index < -0.39 is 10.0 Å². The summed E-state index contributed by atoms with van der Waals surface area (Å²) in [4.78, 5) is 1.03. The molecule has 9 heteroatoms. The van der Waals surface area contributed by atoms with E-state index in [-0.39, 0.29) is 9.63 Å². The molecule has 0 bridgehead atoms. The minimum Gasteiger partial charge on any atom is -0.235 e. The van der Waals surface area contributed by atoms with Gasteiger partial charge in [0.1, 0.15) is 0 Å². The van der Waals surface area contributed by atoms with Crippen LogP contribution >= 0.6 is 27.3 Å². The second-order valence-electron chi connectivity index (χ2n) is 4.10. The standard InChI is InChI=1S/C10H13BrN4O2S2/c1-7-4-5-18-8(7)6-14(2)19(16,17)10-9(11)12-13-15(10)3/h4-5H,6H2,1-3H3. The summed E-state index contributed by atoms with van der Waals surface area (Å²) in [6, 6.07) is 1.97. The average Bonchev–Trinajstić information content (AvgIpc) is 2.86. The highest BCUT2D eigenvalue weighted by Crippen LogP contribution is 2.24. The summed E-state index contributed by atoms with van der Waals surface area (Å²) in [6.45, 7) is 2.30. The van der Waals surface area contributed by atoms with Crippen molar-refractivity contribution in [3.05, 3.63) is 26.5 Å². The van der Waals surface area contributed by atoms with Gasteiger partial charge in [-0.25, -0.2) is 13.1 Å². The average molecular weight is 365 g/mol. The van der Waals surface area contributed by atoms with E-state index in [0.717, 1.165) is 10.4 Å². The Morgan fingerprint density at radius 3 is 2.68 bits per heavy atom. The molecule has 0 radical (unpaired) electrons. The van der Waals surface area contributed by atoms with E-state index in [9.17, 15) is 8.42 Å². The Morgan fingerprint density at radius 2 is 2.21 bits per heavy atom. The van der Waals surface area contributed by atoms with Crippen molar-refractivity contribution in [1.29, 1.82) is 0 Å². The summed E-state index contributed by atoms with van der Waals surface area (Å²) in [5.41, 5.74) is 1.09. The minimum atomic E-state index is -3.62. The third-order valence-electron chi connectivity index (χ3n) is 2.73. The van der Waals surface area contributed by atoms with Crippen molar-refractivity contribution in [3.63, 3.8) is 0 Å². The summed E-state index contributed by atoms with van der Waals surface area (Å²) in [7, 11) is -0.519. The molecule has 2 aromatic rings. The summed E-state index contributed by atoms with van der Waals surface area (Å²) in [5, 5.41) is 9.41. The monoisotopic (exact) mass is 364 g/mol. The first kappa shape index (κ1) is 14.6. The van der Waals surface area contributed by atoms with Crippen LogP contribution < -0.4 is 0 Å². The molecular weight excluding hydrogens is 352 g/mol. The lowest BCUT2D eigenvalue weighted by Crippen LogP contribution is -2.28. The van der Waals surface area contributed by atoms with Crippen molar-refractivity contribution in [1.82, 2.24) is 19.3 Å². The zero-order chi connectivity index (χ0) is 14.2. The molecule has 0 unspecified atom stereocenters. The molecule has 104 valence electrons. The number of rotatable bonds is 4. The predicted octanol–water partition coefficient (Wildman–Crippen LogP) is 1.77. The van der Waals surface area contributed by atoms with Crippen LogP contribution in [-0.2, 0) is 23.6 Å². The van der Waals surface area contributed by atoms with Gasteiger partial charge in [0.05, 0.1) is 0 Å². The number of hydrogen-bond donors (Lipinski definition) is 0. The van der Waals surface area contributed by atoms with Crippen LogP contribution in [0.15, 0.2) is 21.1 Å². The van der Waals surface area contributed by atoms with Gasteiger partial charge in [0, 0.05) is 25.5 Å². The molecule has 0 fully saturated rings. The van der Waals surface area contributed by atoms with Crippen LogP contribution in [0.5, 0.6) is 0 Å². The van der Waals surface area contributed by atoms with Crippen LogP contribution in [0.25, 0.3) is 0 Å². The summed E-state index contributed by atoms with van der Waals surface area (Å²) in [5.74, 6) is 0. The lowest BCUT2D eigenvalue weighted by Gasteiger charge is -2.16. The van der Waals surface area contributed by atoms with E-state index >= 15 is 0 Å². The fourth-order valence-electron chi connectivity index (χ4n) is 1.60. The second-order valence-corrected chi connectivity index (χ2v) is 7.81. The number of nitrogens with zero attached hydrogens (tertiary/aromatic N) is 4. The molecule has 0 aliphatic carbocycles. The number of hydrogen-bond acceptors (Lipinski definition) is 5. The van der Waals surface area contributed by atoms with Gasteiger partial charge in [0.15, 0.2) is 4.60 Å². The fraction of sp³-hybridized carbons (Fsp3) is 0.400. The first-order chi connectivity index (χ1) is 8.84. The van der Waals surface area contributed by atoms with Crippen LogP contribution in [-0.4, -0.2) is 34.8 Å². The van der Waals surface area contributed by atoms with Gasteiger partial charge in [-0.1, -0.05) is 5.21 Å². The van der Waals surface area contributed by atoms with Crippen molar-refractivity contribution >= 4 is 37.3 Å². The molecule has 0 saturated carbocycles. The van der Waals surface area contributed by atoms with Gasteiger partial charge in [-0.3, -0.25) is 0 Å². The number of aryl methyl sites for hydroxylation is 2. The van der Waals surface area contributed by atoms with Crippen LogP contribution in [0.2, 0.25) is 0 Å². The van der Waals surface area contributed by atoms with E-state index in [1.54, 1.807) is 25.4 Å². The zero-order valence-electron chi connectivity index (χ0n) is 10.7. The van der Waals surface area contributed by atoms with Gasteiger partial charge in [-0.2, -0.15) is 4.31 Å². The van der Waals surface area contributed by atoms with Gasteiger partial charge in [0.2, 0.25) is 5.03 Å². The predicted molar refractivity (Wildman–Crippen MR) is 76.4 cm³/mol. The van der Waals surface area contributed by atoms with E-state index in [4.69, 9.17) is 0 Å². The number of sulfonamides is 1. The maximum Gasteiger partial charge on any atom is 0.263 e. The molecule has 0 saturated heterocycles. The Morgan fingerprint density at radius 1 is 1.53 bits per heavy atom. The summed E-state index contributed by atoms with van der Waals surface area (Å²) in [6.07, 6.45) is 0. The highest BCUT2D eigenvalue weighted by Gasteiger charge is 2.28. The van der Waals surface area contributed by atoms with Crippen LogP contribution in [0.1, 0.15) is 10.4 Å². The van der Waals surface area contributed by atoms with E-state index in [1.165, 1.54) is 8.99 Å². The van der Waals surface area contributed by atoms with Gasteiger partial charge in [0.25, 0.3) is 10.0 Å². The van der Waals surface area contributed by atoms with Crippen molar-refractivity contribution in [2.75, 3.05) is 7.05 Å². The maximum atomic E-state index is 12.5. The molecule has 2 heterocycles. The molecule has 0 N–H and O–H groups in total. The fourth-order valence-corrected chi connectivity index (χ4v) is 4.80. The zero-order valence-corrected chi connectivity index (χ0v) is 13.9. The van der Waals surface area contributed by atoms with Gasteiger partial charge in [-0.05, 0) is 39.9 Å². The largest absolute Gasteiger partial charge is 0.263 e. The minimum absolute atomic E-state index is 0.0595. The molecule has 0 amide bonds. The first-order valence-corrected chi connectivity index (χ1v) is 8.49. The maximum absolute atomic E-state index is 12.5. The van der Waals surface area contributed by atoms with Gasteiger partial charge >= 0.3 is 0 Å². The molecule has 0 aliphatic rings. The molecule has 0 atom stereocenters. The number of halogens is 1. The molecule has 0 aliphatic heterocycles. The lowest BCUT2D eigenvalue weighted by molar-refractivity contribution is 0.458. The molecule has 6 nitrogen and oxygen atoms in total. The Bertz CT molecular complexity index is 673. The summed E-state index contributed by atoms with van der Waals surface area (Å²) >= 11 is 4.66. The summed E-state index contributed by atoms with van der Waals surface area (Å²) < 4.78 is 27.7. The topological polar surface area (TPSA) is 68.1 Å². The first-order valence-electron chi connectivity index (χ1n) is 5.38. The van der Waals surface area contributed by atoms with Gasteiger partial charge < -0.3 is 0 Å². The van der Waals surface area contributed by atoms with Crippen LogP contribution in [0.3, 0.4) is 0 Å². The SMILES string of the molecule is Cc1ccsc1CN(C)S(=O)(=O)c1c(Br)nnn1C. The van der Waals surface area contributed by atoms with Crippen LogP contribution in [0.4, 0.5) is 0 Å². The van der Waals surface area contributed by atoms with E-state index in [1.807, 2.05) is 18.4 Å². The molecule has 19 heavy (non-hydrogen) atoms. The van der Waals surface area contributed by atoms with E-state index in [2.05, 4.69) is 26.2 Å². The second kappa shape index (κ2) is 5.31. The van der Waals surface area contributed by atoms with Crippen LogP contribution in [0, 0.1) is 6.92 Å². The quantitative estimate of drug-likeness (QED) is 0.828. The Balaban J connectivity index is 2.33. The smallest absolute Gasteiger partial charge is 0.235 e. The number of aromatic nitrogens is 3. The van der Waals surface area contributed by atoms with E-state index in [0.29, 0.717) is 6.54 Å². The highest BCUT2D eigenvalue weighted by molar-refractivity contribution is 9.10. The Kier molecular flexibility index (Phi) is 4.09. The number of thiophene rings is 1. The van der Waals surface area contributed by atoms with Crippen molar-refractivity contribution in [3.8, 4) is 0 Å². The molecule has 2 aromatic heterocycles. The molecular formula is C10H13BrN4O2S2. The molecule has 0 spiro atoms. The Hall–Kier alpha value is -0.770. The lowest BCUT2D eigenvalue weighted by atomic mass is 10.3. The third-order valence-corrected chi connectivity index (χ3v) is 6.43. The normalized spacial score (nSPS) is 12.3. The molecule has 0 aromatic carbocycles.